The molecule has 0 aromatic heterocycles. The molecule has 0 saturated heterocycles. The molecule has 3 atom stereocenters. The Kier molecular flexibility index (Phi) is 7.20. The van der Waals surface area contributed by atoms with Gasteiger partial charge in [0.1, 0.15) is 22.1 Å². The first-order valence-corrected chi connectivity index (χ1v) is 12.0. The van der Waals surface area contributed by atoms with Crippen LogP contribution < -0.4 is 18.9 Å². The first-order chi connectivity index (χ1) is 18.0. The highest BCUT2D eigenvalue weighted by Gasteiger charge is 2.61. The summed E-state index contributed by atoms with van der Waals surface area (Å²) in [5.74, 6) is -4.18. The number of hydrogen-bond donors (Lipinski definition) is 2. The van der Waals surface area contributed by atoms with Crippen molar-refractivity contribution in [3.05, 3.63) is 51.7 Å². The lowest BCUT2D eigenvalue weighted by Crippen LogP contribution is -2.53. The van der Waals surface area contributed by atoms with Crippen LogP contribution in [0.2, 0.25) is 5.02 Å². The second kappa shape index (κ2) is 10.1. The third-order valence-electron chi connectivity index (χ3n) is 7.06. The lowest BCUT2D eigenvalue weighted by molar-refractivity contribution is -0.140. The van der Waals surface area contributed by atoms with E-state index in [1.165, 1.54) is 46.6 Å². The van der Waals surface area contributed by atoms with Gasteiger partial charge in [-0.3, -0.25) is 14.4 Å². The van der Waals surface area contributed by atoms with Gasteiger partial charge in [-0.15, -0.1) is 0 Å². The van der Waals surface area contributed by atoms with Crippen molar-refractivity contribution < 1.29 is 48.3 Å². The number of carbonyl (C=O) groups excluding carboxylic acids is 3. The molecule has 38 heavy (non-hydrogen) atoms. The normalized spacial score (nSPS) is 21.2. The Morgan fingerprint density at radius 1 is 1.08 bits per heavy atom. The van der Waals surface area contributed by atoms with E-state index in [2.05, 4.69) is 0 Å². The number of halogens is 1. The van der Waals surface area contributed by atoms with Gasteiger partial charge in [0.15, 0.2) is 28.8 Å². The van der Waals surface area contributed by atoms with E-state index in [0.717, 1.165) is 0 Å². The van der Waals surface area contributed by atoms with Gasteiger partial charge >= 0.3 is 5.97 Å². The summed E-state index contributed by atoms with van der Waals surface area (Å²) >= 11 is 6.48. The highest BCUT2D eigenvalue weighted by atomic mass is 35.5. The molecule has 0 unspecified atom stereocenters. The van der Waals surface area contributed by atoms with Crippen LogP contribution in [0.25, 0.3) is 0 Å². The van der Waals surface area contributed by atoms with Crippen molar-refractivity contribution >= 4 is 29.1 Å². The smallest absolute Gasteiger partial charge is 0.306 e. The largest absolute Gasteiger partial charge is 0.507 e. The molecule has 2 aliphatic rings. The molecule has 1 heterocycles. The number of allylic oxidation sites excluding steroid dienone is 1. The third-order valence-corrected chi connectivity index (χ3v) is 7.42. The monoisotopic (exact) mass is 546 g/mol. The minimum atomic E-state index is -2.02. The molecule has 10 nitrogen and oxygen atoms in total. The number of phenols is 1. The number of aliphatic hydroxyl groups is 1. The van der Waals surface area contributed by atoms with Crippen LogP contribution in [-0.4, -0.2) is 61.8 Å². The van der Waals surface area contributed by atoms with Crippen molar-refractivity contribution in [3.8, 4) is 28.7 Å². The number of aromatic hydroxyl groups is 1. The molecule has 0 fully saturated rings. The highest BCUT2D eigenvalue weighted by molar-refractivity contribution is 6.35. The topological polar surface area (TPSA) is 138 Å². The summed E-state index contributed by atoms with van der Waals surface area (Å²) in [6, 6.07) is 5.76. The second-order valence-electron chi connectivity index (χ2n) is 9.02. The van der Waals surface area contributed by atoms with E-state index in [4.69, 9.17) is 35.3 Å². The minimum Gasteiger partial charge on any atom is -0.507 e. The zero-order valence-electron chi connectivity index (χ0n) is 21.4. The maximum atomic E-state index is 14.0. The molecule has 0 radical (unpaired) electrons. The van der Waals surface area contributed by atoms with E-state index < -0.39 is 40.7 Å². The number of ether oxygens (including phenoxy) is 5. The molecule has 1 aliphatic heterocycles. The van der Waals surface area contributed by atoms with Crippen molar-refractivity contribution in [2.75, 3.05) is 28.4 Å². The predicted octanol–water partition coefficient (Wildman–Crippen LogP) is 4.15. The zero-order chi connectivity index (χ0) is 27.9. The van der Waals surface area contributed by atoms with E-state index in [0.29, 0.717) is 5.56 Å². The third kappa shape index (κ3) is 3.99. The molecule has 202 valence electrons. The Morgan fingerprint density at radius 2 is 1.74 bits per heavy atom. The number of fused-ring (bicyclic) bond motifs is 1. The van der Waals surface area contributed by atoms with Gasteiger partial charge in [-0.2, -0.15) is 0 Å². The van der Waals surface area contributed by atoms with Gasteiger partial charge in [0.25, 0.3) is 0 Å². The summed E-state index contributed by atoms with van der Waals surface area (Å²) in [7, 11) is 5.31. The Hall–Kier alpha value is -3.92. The fraction of sp³-hybridized carbons (Fsp3) is 0.370. The van der Waals surface area contributed by atoms with Crippen LogP contribution in [0.15, 0.2) is 35.6 Å². The molecule has 2 N–H and O–H groups in total. The average molecular weight is 547 g/mol. The maximum absolute atomic E-state index is 14.0. The Labute approximate surface area is 223 Å². The zero-order valence-corrected chi connectivity index (χ0v) is 22.2. The van der Waals surface area contributed by atoms with E-state index >= 15 is 0 Å². The van der Waals surface area contributed by atoms with E-state index in [-0.39, 0.29) is 57.7 Å². The number of Topliss-reactive ketones (excluding diaryl/α,β-unsaturated/α-hetero) is 2. The van der Waals surface area contributed by atoms with Gasteiger partial charge in [-0.25, -0.2) is 0 Å². The molecule has 0 bridgehead atoms. The van der Waals surface area contributed by atoms with Gasteiger partial charge in [-0.05, 0) is 17.7 Å². The van der Waals surface area contributed by atoms with Crippen LogP contribution in [0.1, 0.15) is 41.6 Å². The number of ketones is 2. The van der Waals surface area contributed by atoms with Crippen LogP contribution >= 0.6 is 11.6 Å². The fourth-order valence-electron chi connectivity index (χ4n) is 5.10. The van der Waals surface area contributed by atoms with Gasteiger partial charge in [0.2, 0.25) is 11.4 Å². The molecule has 2 aromatic carbocycles. The van der Waals surface area contributed by atoms with Crippen molar-refractivity contribution in [1.82, 2.24) is 0 Å². The number of methoxy groups -OCH3 is 4. The van der Waals surface area contributed by atoms with Crippen LogP contribution in [0.5, 0.6) is 28.7 Å². The number of carbonyl (C=O) groups is 3. The SMILES string of the molecule is COC(=O)C[C@@H](C1=C(O)[C@@]2(Oc3c(Cl)c(OC)cc(OC)c3C2=O)[C@H](C)CC1=O)c1ccc(OC)c(O)c1. The van der Waals surface area contributed by atoms with Crippen LogP contribution in [0.4, 0.5) is 0 Å². The molecule has 0 amide bonds. The summed E-state index contributed by atoms with van der Waals surface area (Å²) in [5.41, 5.74) is -1.91. The van der Waals surface area contributed by atoms with Crippen LogP contribution in [-0.2, 0) is 14.3 Å². The first-order valence-electron chi connectivity index (χ1n) is 11.6. The fourth-order valence-corrected chi connectivity index (χ4v) is 5.36. The summed E-state index contributed by atoms with van der Waals surface area (Å²) in [6.07, 6.45) is -0.549. The molecule has 0 saturated carbocycles. The number of hydrogen-bond acceptors (Lipinski definition) is 10. The average Bonchev–Trinajstić information content (AvgIpc) is 3.21. The van der Waals surface area contributed by atoms with Crippen molar-refractivity contribution in [3.63, 3.8) is 0 Å². The van der Waals surface area contributed by atoms with E-state index in [1.807, 2.05) is 0 Å². The number of esters is 1. The van der Waals surface area contributed by atoms with Gasteiger partial charge < -0.3 is 33.9 Å². The van der Waals surface area contributed by atoms with Gasteiger partial charge in [-0.1, -0.05) is 24.6 Å². The molecule has 1 aliphatic carbocycles. The summed E-state index contributed by atoms with van der Waals surface area (Å²) < 4.78 is 26.8. The molecular weight excluding hydrogens is 520 g/mol. The molecule has 1 spiro atoms. The van der Waals surface area contributed by atoms with Gasteiger partial charge in [0.05, 0.1) is 34.9 Å². The lowest BCUT2D eigenvalue weighted by Gasteiger charge is -2.38. The Balaban J connectivity index is 1.95. The van der Waals surface area contributed by atoms with Crippen molar-refractivity contribution in [2.45, 2.75) is 31.3 Å². The number of phenolic OH excluding ortho intramolecular Hbond substituents is 1. The molecule has 4 rings (SSSR count). The van der Waals surface area contributed by atoms with Gasteiger partial charge in [0, 0.05) is 29.9 Å². The highest BCUT2D eigenvalue weighted by Crippen LogP contribution is 2.56. The molecule has 2 aromatic rings. The van der Waals surface area contributed by atoms with E-state index in [1.54, 1.807) is 13.0 Å². The maximum Gasteiger partial charge on any atom is 0.306 e. The number of rotatable bonds is 7. The number of benzene rings is 2. The van der Waals surface area contributed by atoms with Crippen molar-refractivity contribution in [1.29, 1.82) is 0 Å². The quantitative estimate of drug-likeness (QED) is 0.487. The Morgan fingerprint density at radius 3 is 2.32 bits per heavy atom. The van der Waals surface area contributed by atoms with E-state index in [9.17, 15) is 24.6 Å². The minimum absolute atomic E-state index is 0.00170. The van der Waals surface area contributed by atoms with Crippen LogP contribution in [0.3, 0.4) is 0 Å². The molecule has 11 heteroatoms. The summed E-state index contributed by atoms with van der Waals surface area (Å²) in [4.78, 5) is 39.8. The standard InChI is InChI=1S/C27H27ClO10/c1-12-8-16(30)21(14(10-20(31)37-5)13-6-7-17(34-2)15(29)9-13)25(32)27(12)26(33)22-18(35-3)11-19(36-4)23(28)24(22)38-27/h6-7,9,11-12,14,29,32H,8,10H2,1-5H3/t12-,14-,27+/m1/s1. The second-order valence-corrected chi connectivity index (χ2v) is 9.40. The predicted molar refractivity (Wildman–Crippen MR) is 135 cm³/mol. The Bertz CT molecular complexity index is 1360. The first kappa shape index (κ1) is 27.1. The van der Waals surface area contributed by atoms with Crippen LogP contribution in [0, 0.1) is 5.92 Å². The van der Waals surface area contributed by atoms with Crippen molar-refractivity contribution in [2.24, 2.45) is 5.92 Å². The lowest BCUT2D eigenvalue weighted by atomic mass is 9.69. The molecular formula is C27H27ClO10. The number of aliphatic hydroxyl groups excluding tert-OH is 1. The summed E-state index contributed by atoms with van der Waals surface area (Å²) in [5, 5.41) is 22.1. The summed E-state index contributed by atoms with van der Waals surface area (Å²) in [6.45, 7) is 1.60.